The number of rotatable bonds is 2. The zero-order valence-corrected chi connectivity index (χ0v) is 7.42. The Morgan fingerprint density at radius 2 is 2.00 bits per heavy atom. The first kappa shape index (κ1) is 8.27. The van der Waals surface area contributed by atoms with E-state index in [4.69, 9.17) is 0 Å². The van der Waals surface area contributed by atoms with E-state index in [2.05, 4.69) is 11.9 Å². The SMILES string of the molecule is C=CCC1(O)CC2CCC(C1)N2. The van der Waals surface area contributed by atoms with Crippen LogP contribution in [0.15, 0.2) is 12.7 Å². The van der Waals surface area contributed by atoms with Crippen LogP contribution < -0.4 is 5.32 Å². The molecule has 2 heterocycles. The van der Waals surface area contributed by atoms with E-state index in [9.17, 15) is 5.11 Å². The van der Waals surface area contributed by atoms with Crippen molar-refractivity contribution in [2.45, 2.75) is 49.8 Å². The molecule has 2 heteroatoms. The van der Waals surface area contributed by atoms with E-state index in [1.165, 1.54) is 12.8 Å². The van der Waals surface area contributed by atoms with Gasteiger partial charge in [0.15, 0.2) is 0 Å². The molecule has 2 atom stereocenters. The van der Waals surface area contributed by atoms with E-state index in [-0.39, 0.29) is 0 Å². The van der Waals surface area contributed by atoms with Gasteiger partial charge in [0.25, 0.3) is 0 Å². The molecule has 2 rings (SSSR count). The molecule has 0 amide bonds. The Balaban J connectivity index is 2.04. The highest BCUT2D eigenvalue weighted by atomic mass is 16.3. The number of piperidine rings is 1. The fraction of sp³-hybridized carbons (Fsp3) is 0.800. The normalized spacial score (nSPS) is 46.1. The van der Waals surface area contributed by atoms with Crippen molar-refractivity contribution in [1.29, 1.82) is 0 Å². The number of hydrogen-bond acceptors (Lipinski definition) is 2. The lowest BCUT2D eigenvalue weighted by Gasteiger charge is -2.36. The number of nitrogens with one attached hydrogen (secondary N) is 1. The molecule has 2 nitrogen and oxygen atoms in total. The lowest BCUT2D eigenvalue weighted by Crippen LogP contribution is -2.48. The molecule has 2 N–H and O–H groups in total. The molecule has 2 unspecified atom stereocenters. The van der Waals surface area contributed by atoms with Gasteiger partial charge in [0, 0.05) is 12.1 Å². The van der Waals surface area contributed by atoms with E-state index in [0.717, 1.165) is 19.3 Å². The van der Waals surface area contributed by atoms with Crippen LogP contribution in [-0.2, 0) is 0 Å². The third-order valence-corrected chi connectivity index (χ3v) is 3.11. The summed E-state index contributed by atoms with van der Waals surface area (Å²) in [6, 6.07) is 1.13. The van der Waals surface area contributed by atoms with Gasteiger partial charge in [0.1, 0.15) is 0 Å². The molecule has 2 aliphatic rings. The summed E-state index contributed by atoms with van der Waals surface area (Å²) in [5.74, 6) is 0. The van der Waals surface area contributed by atoms with Crippen molar-refractivity contribution < 1.29 is 5.11 Å². The summed E-state index contributed by atoms with van der Waals surface area (Å²) in [6.07, 6.45) is 6.89. The Morgan fingerprint density at radius 1 is 1.42 bits per heavy atom. The van der Waals surface area contributed by atoms with Gasteiger partial charge in [-0.15, -0.1) is 6.58 Å². The molecular formula is C10H17NO. The molecule has 0 spiro atoms. The highest BCUT2D eigenvalue weighted by Gasteiger charge is 2.41. The van der Waals surface area contributed by atoms with E-state index in [1.54, 1.807) is 0 Å². The van der Waals surface area contributed by atoms with Crippen LogP contribution >= 0.6 is 0 Å². The number of fused-ring (bicyclic) bond motifs is 2. The molecule has 2 fully saturated rings. The highest BCUT2D eigenvalue weighted by Crippen LogP contribution is 2.35. The molecule has 0 radical (unpaired) electrons. The Labute approximate surface area is 73.7 Å². The van der Waals surface area contributed by atoms with Gasteiger partial charge in [-0.25, -0.2) is 0 Å². The van der Waals surface area contributed by atoms with Gasteiger partial charge in [-0.05, 0) is 32.1 Å². The fourth-order valence-electron chi connectivity index (χ4n) is 2.66. The van der Waals surface area contributed by atoms with Crippen molar-refractivity contribution in [1.82, 2.24) is 5.32 Å². The lowest BCUT2D eigenvalue weighted by molar-refractivity contribution is -0.00366. The van der Waals surface area contributed by atoms with Gasteiger partial charge >= 0.3 is 0 Å². The first-order valence-electron chi connectivity index (χ1n) is 4.81. The summed E-state index contributed by atoms with van der Waals surface area (Å²) in [4.78, 5) is 0. The molecule has 0 aromatic heterocycles. The third kappa shape index (κ3) is 1.41. The third-order valence-electron chi connectivity index (χ3n) is 3.11. The van der Waals surface area contributed by atoms with Crippen LogP contribution in [0, 0.1) is 0 Å². The Morgan fingerprint density at radius 3 is 2.50 bits per heavy atom. The fourth-order valence-corrected chi connectivity index (χ4v) is 2.66. The minimum absolute atomic E-state index is 0.446. The van der Waals surface area contributed by atoms with Crippen LogP contribution in [0.25, 0.3) is 0 Å². The molecule has 68 valence electrons. The first-order valence-corrected chi connectivity index (χ1v) is 4.81. The lowest BCUT2D eigenvalue weighted by atomic mass is 9.85. The van der Waals surface area contributed by atoms with Crippen molar-refractivity contribution >= 4 is 0 Å². The highest BCUT2D eigenvalue weighted by molar-refractivity contribution is 5.01. The van der Waals surface area contributed by atoms with Crippen LogP contribution in [0.5, 0.6) is 0 Å². The Bertz CT molecular complexity index is 178. The number of hydrogen-bond donors (Lipinski definition) is 2. The summed E-state index contributed by atoms with van der Waals surface area (Å²) < 4.78 is 0. The predicted molar refractivity (Wildman–Crippen MR) is 48.9 cm³/mol. The first-order chi connectivity index (χ1) is 5.72. The maximum Gasteiger partial charge on any atom is 0.0711 e. The van der Waals surface area contributed by atoms with Crippen molar-refractivity contribution in [2.24, 2.45) is 0 Å². The summed E-state index contributed by atoms with van der Waals surface area (Å²) in [7, 11) is 0. The van der Waals surface area contributed by atoms with Crippen LogP contribution in [0.2, 0.25) is 0 Å². The quantitative estimate of drug-likeness (QED) is 0.606. The minimum Gasteiger partial charge on any atom is -0.389 e. The zero-order valence-electron chi connectivity index (χ0n) is 7.42. The van der Waals surface area contributed by atoms with E-state index in [0.29, 0.717) is 12.1 Å². The zero-order chi connectivity index (χ0) is 8.60. The largest absolute Gasteiger partial charge is 0.389 e. The van der Waals surface area contributed by atoms with Crippen LogP contribution in [-0.4, -0.2) is 22.8 Å². The molecule has 0 aromatic carbocycles. The van der Waals surface area contributed by atoms with Crippen molar-refractivity contribution in [2.75, 3.05) is 0 Å². The smallest absolute Gasteiger partial charge is 0.0711 e. The van der Waals surface area contributed by atoms with Crippen molar-refractivity contribution in [3.8, 4) is 0 Å². The van der Waals surface area contributed by atoms with E-state index < -0.39 is 5.60 Å². The average Bonchev–Trinajstić information content (AvgIpc) is 2.31. The summed E-state index contributed by atoms with van der Waals surface area (Å²) >= 11 is 0. The van der Waals surface area contributed by atoms with Crippen LogP contribution in [0.4, 0.5) is 0 Å². The van der Waals surface area contributed by atoms with Gasteiger partial charge in [-0.3, -0.25) is 0 Å². The molecule has 0 aliphatic carbocycles. The molecule has 2 bridgehead atoms. The summed E-state index contributed by atoms with van der Waals surface area (Å²) in [5, 5.41) is 13.7. The molecule has 2 saturated heterocycles. The maximum atomic E-state index is 10.1. The maximum absolute atomic E-state index is 10.1. The standard InChI is InChI=1S/C10H17NO/c1-2-5-10(12)6-8-3-4-9(7-10)11-8/h2,8-9,11-12H,1,3-7H2. The molecular weight excluding hydrogens is 150 g/mol. The van der Waals surface area contributed by atoms with Crippen molar-refractivity contribution in [3.05, 3.63) is 12.7 Å². The van der Waals surface area contributed by atoms with Gasteiger partial charge in [0.2, 0.25) is 0 Å². The molecule has 0 saturated carbocycles. The Kier molecular flexibility index (Phi) is 1.97. The van der Waals surface area contributed by atoms with Gasteiger partial charge in [0.05, 0.1) is 5.60 Å². The van der Waals surface area contributed by atoms with Crippen LogP contribution in [0.3, 0.4) is 0 Å². The van der Waals surface area contributed by atoms with Crippen molar-refractivity contribution in [3.63, 3.8) is 0 Å². The second-order valence-corrected chi connectivity index (χ2v) is 4.26. The number of aliphatic hydroxyl groups is 1. The van der Waals surface area contributed by atoms with Crippen LogP contribution in [0.1, 0.15) is 32.1 Å². The second-order valence-electron chi connectivity index (χ2n) is 4.26. The summed E-state index contributed by atoms with van der Waals surface area (Å²) in [6.45, 7) is 3.69. The minimum atomic E-state index is -0.446. The topological polar surface area (TPSA) is 32.3 Å². The van der Waals surface area contributed by atoms with Gasteiger partial charge < -0.3 is 10.4 Å². The van der Waals surface area contributed by atoms with E-state index in [1.807, 2.05) is 6.08 Å². The molecule has 2 aliphatic heterocycles. The average molecular weight is 167 g/mol. The van der Waals surface area contributed by atoms with Gasteiger partial charge in [-0.1, -0.05) is 6.08 Å². The Hall–Kier alpha value is -0.340. The molecule has 0 aromatic rings. The second kappa shape index (κ2) is 2.86. The monoisotopic (exact) mass is 167 g/mol. The van der Waals surface area contributed by atoms with E-state index >= 15 is 0 Å². The molecule has 12 heavy (non-hydrogen) atoms. The van der Waals surface area contributed by atoms with Gasteiger partial charge in [-0.2, -0.15) is 0 Å². The summed E-state index contributed by atoms with van der Waals surface area (Å²) in [5.41, 5.74) is -0.446. The predicted octanol–water partition coefficient (Wildman–Crippen LogP) is 1.21.